The lowest BCUT2D eigenvalue weighted by Gasteiger charge is -2.21. The van der Waals surface area contributed by atoms with Crippen LogP contribution in [0.4, 0.5) is 10.1 Å². The fourth-order valence-corrected chi connectivity index (χ4v) is 3.90. The SMILES string of the molecule is O=S1(=O)NC(=NC2CC23CC3)Nc2cc(Cl)c(F)cc21. The summed E-state index contributed by atoms with van der Waals surface area (Å²) in [5.41, 5.74) is 0.584. The molecule has 0 aromatic heterocycles. The Labute approximate surface area is 120 Å². The average Bonchev–Trinajstić information content (AvgIpc) is 3.24. The maximum Gasteiger partial charge on any atom is 0.266 e. The van der Waals surface area contributed by atoms with Gasteiger partial charge in [0.25, 0.3) is 10.0 Å². The number of aliphatic imine (C=N–C) groups is 1. The van der Waals surface area contributed by atoms with Crippen LogP contribution in [0.1, 0.15) is 19.3 Å². The molecule has 2 N–H and O–H groups in total. The van der Waals surface area contributed by atoms with E-state index in [2.05, 4.69) is 15.0 Å². The van der Waals surface area contributed by atoms with Crippen LogP contribution in [0.2, 0.25) is 5.02 Å². The Morgan fingerprint density at radius 2 is 2.15 bits per heavy atom. The van der Waals surface area contributed by atoms with Gasteiger partial charge in [0, 0.05) is 0 Å². The topological polar surface area (TPSA) is 70.6 Å². The number of guanidine groups is 1. The predicted molar refractivity (Wildman–Crippen MR) is 72.9 cm³/mol. The molecule has 0 radical (unpaired) electrons. The quantitative estimate of drug-likeness (QED) is 0.833. The van der Waals surface area contributed by atoms with Crippen molar-refractivity contribution >= 4 is 33.3 Å². The lowest BCUT2D eigenvalue weighted by molar-refractivity contribution is 0.586. The fraction of sp³-hybridized carbons (Fsp3) is 0.417. The van der Waals surface area contributed by atoms with Crippen molar-refractivity contribution in [3.63, 3.8) is 0 Å². The monoisotopic (exact) mass is 315 g/mol. The Hall–Kier alpha value is -1.34. The summed E-state index contributed by atoms with van der Waals surface area (Å²) in [4.78, 5) is 4.23. The predicted octanol–water partition coefficient (Wildman–Crippen LogP) is 2.09. The van der Waals surface area contributed by atoms with Crippen LogP contribution in [0.25, 0.3) is 0 Å². The highest BCUT2D eigenvalue weighted by Gasteiger charge is 2.63. The van der Waals surface area contributed by atoms with Gasteiger partial charge in [-0.1, -0.05) is 11.6 Å². The summed E-state index contributed by atoms with van der Waals surface area (Å²) >= 11 is 5.69. The standard InChI is InChI=1S/C12H11ClFN3O2S/c13-6-3-8-9(4-7(6)14)20(18,19)17-11(15-8)16-10-5-12(10)1-2-12/h3-4,10H,1-2,5H2,(H2,15,16,17). The number of anilines is 1. The second-order valence-electron chi connectivity index (χ2n) is 5.55. The van der Waals surface area contributed by atoms with E-state index in [9.17, 15) is 12.8 Å². The van der Waals surface area contributed by atoms with E-state index in [0.29, 0.717) is 5.41 Å². The number of sulfonamides is 1. The molecule has 5 nitrogen and oxygen atoms in total. The maximum atomic E-state index is 13.4. The van der Waals surface area contributed by atoms with Crippen molar-refractivity contribution in [1.29, 1.82) is 0 Å². The van der Waals surface area contributed by atoms with Gasteiger partial charge < -0.3 is 5.32 Å². The Morgan fingerprint density at radius 3 is 2.80 bits per heavy atom. The van der Waals surface area contributed by atoms with E-state index in [-0.39, 0.29) is 27.6 Å². The van der Waals surface area contributed by atoms with Gasteiger partial charge in [0.15, 0.2) is 0 Å². The molecule has 2 fully saturated rings. The average molecular weight is 316 g/mol. The number of hydrogen-bond acceptors (Lipinski definition) is 3. The number of fused-ring (bicyclic) bond motifs is 1. The summed E-state index contributed by atoms with van der Waals surface area (Å²) in [6, 6.07) is 2.36. The highest BCUT2D eigenvalue weighted by Crippen LogP contribution is 2.67. The molecule has 1 aromatic carbocycles. The van der Waals surface area contributed by atoms with Crippen molar-refractivity contribution in [3.8, 4) is 0 Å². The van der Waals surface area contributed by atoms with Crippen molar-refractivity contribution < 1.29 is 12.8 Å². The second kappa shape index (κ2) is 3.65. The van der Waals surface area contributed by atoms with Crippen LogP contribution in [0, 0.1) is 11.2 Å². The fourth-order valence-electron chi connectivity index (χ4n) is 2.61. The number of halogens is 2. The van der Waals surface area contributed by atoms with Gasteiger partial charge in [-0.25, -0.2) is 22.5 Å². The zero-order valence-corrected chi connectivity index (χ0v) is 11.9. The van der Waals surface area contributed by atoms with Crippen LogP contribution >= 0.6 is 11.6 Å². The minimum atomic E-state index is -3.81. The third kappa shape index (κ3) is 1.80. The van der Waals surface area contributed by atoms with E-state index in [1.54, 1.807) is 0 Å². The first-order valence-corrected chi connectivity index (χ1v) is 8.12. The highest BCUT2D eigenvalue weighted by atomic mass is 35.5. The van der Waals surface area contributed by atoms with E-state index < -0.39 is 15.8 Å². The second-order valence-corrected chi connectivity index (χ2v) is 7.61. The summed E-state index contributed by atoms with van der Waals surface area (Å²) in [5.74, 6) is -0.578. The van der Waals surface area contributed by atoms with Crippen LogP contribution in [0.15, 0.2) is 22.0 Å². The molecule has 0 amide bonds. The molecule has 1 spiro atoms. The molecular weight excluding hydrogens is 305 g/mol. The van der Waals surface area contributed by atoms with Crippen molar-refractivity contribution in [1.82, 2.24) is 4.72 Å². The zero-order chi connectivity index (χ0) is 14.1. The molecule has 1 atom stereocenters. The minimum Gasteiger partial charge on any atom is -0.324 e. The zero-order valence-electron chi connectivity index (χ0n) is 10.3. The first-order valence-electron chi connectivity index (χ1n) is 6.26. The smallest absolute Gasteiger partial charge is 0.266 e. The van der Waals surface area contributed by atoms with Crippen LogP contribution in [0.3, 0.4) is 0 Å². The largest absolute Gasteiger partial charge is 0.324 e. The Morgan fingerprint density at radius 1 is 1.40 bits per heavy atom. The molecule has 2 aliphatic carbocycles. The summed E-state index contributed by atoms with van der Waals surface area (Å²) in [6.07, 6.45) is 3.33. The lowest BCUT2D eigenvalue weighted by Crippen LogP contribution is -2.41. The van der Waals surface area contributed by atoms with Crippen LogP contribution in [-0.2, 0) is 10.0 Å². The van der Waals surface area contributed by atoms with Gasteiger partial charge in [-0.15, -0.1) is 0 Å². The lowest BCUT2D eigenvalue weighted by atomic mass is 10.3. The van der Waals surface area contributed by atoms with Gasteiger partial charge in [0.1, 0.15) is 10.7 Å². The number of nitrogens with zero attached hydrogens (tertiary/aromatic N) is 1. The molecule has 1 aromatic rings. The number of hydrogen-bond donors (Lipinski definition) is 2. The van der Waals surface area contributed by atoms with E-state index in [0.717, 1.165) is 25.3 Å². The van der Waals surface area contributed by atoms with Crippen LogP contribution < -0.4 is 10.0 Å². The minimum absolute atomic E-state index is 0.127. The van der Waals surface area contributed by atoms with Gasteiger partial charge in [-0.05, 0) is 36.8 Å². The first kappa shape index (κ1) is 12.4. The van der Waals surface area contributed by atoms with E-state index >= 15 is 0 Å². The molecule has 1 unspecified atom stereocenters. The summed E-state index contributed by atoms with van der Waals surface area (Å²) < 4.78 is 39.9. The maximum absolute atomic E-state index is 13.4. The normalized spacial score (nSPS) is 29.5. The third-order valence-corrected chi connectivity index (χ3v) is 5.79. The molecule has 8 heteroatoms. The molecule has 2 saturated carbocycles. The molecule has 4 rings (SSSR count). The van der Waals surface area contributed by atoms with Gasteiger partial charge in [0.05, 0.1) is 16.8 Å². The van der Waals surface area contributed by atoms with E-state index in [4.69, 9.17) is 11.6 Å². The van der Waals surface area contributed by atoms with Crippen molar-refractivity contribution in [2.75, 3.05) is 5.32 Å². The first-order chi connectivity index (χ1) is 9.40. The summed E-state index contributed by atoms with van der Waals surface area (Å²) in [7, 11) is -3.81. The van der Waals surface area contributed by atoms with Crippen LogP contribution in [0.5, 0.6) is 0 Å². The number of rotatable bonds is 1. The van der Waals surface area contributed by atoms with Crippen LogP contribution in [-0.4, -0.2) is 20.4 Å². The van der Waals surface area contributed by atoms with Gasteiger partial charge in [0.2, 0.25) is 5.96 Å². The van der Waals surface area contributed by atoms with Gasteiger partial charge in [-0.3, -0.25) is 0 Å². The molecule has 1 aliphatic heterocycles. The van der Waals surface area contributed by atoms with Crippen molar-refractivity contribution in [2.24, 2.45) is 10.4 Å². The third-order valence-electron chi connectivity index (χ3n) is 4.12. The van der Waals surface area contributed by atoms with Crippen molar-refractivity contribution in [2.45, 2.75) is 30.2 Å². The van der Waals surface area contributed by atoms with Crippen molar-refractivity contribution in [3.05, 3.63) is 23.0 Å². The molecule has 0 bridgehead atoms. The molecule has 1 heterocycles. The molecule has 20 heavy (non-hydrogen) atoms. The Balaban J connectivity index is 1.74. The number of benzene rings is 1. The van der Waals surface area contributed by atoms with E-state index in [1.165, 1.54) is 6.07 Å². The Kier molecular flexibility index (Phi) is 2.26. The summed E-state index contributed by atoms with van der Waals surface area (Å²) in [5, 5.41) is 2.74. The molecule has 106 valence electrons. The number of nitrogens with one attached hydrogen (secondary N) is 2. The summed E-state index contributed by atoms with van der Waals surface area (Å²) in [6.45, 7) is 0. The Bertz CT molecular complexity index is 758. The molecule has 0 saturated heterocycles. The molecular formula is C12H11ClFN3O2S. The highest BCUT2D eigenvalue weighted by molar-refractivity contribution is 7.90. The van der Waals surface area contributed by atoms with Gasteiger partial charge in [-0.2, -0.15) is 0 Å². The van der Waals surface area contributed by atoms with E-state index in [1.807, 2.05) is 0 Å². The molecule has 3 aliphatic rings. The van der Waals surface area contributed by atoms with Gasteiger partial charge >= 0.3 is 0 Å².